The fourth-order valence-electron chi connectivity index (χ4n) is 4.46. The van der Waals surface area contributed by atoms with Gasteiger partial charge in [-0.2, -0.15) is 0 Å². The van der Waals surface area contributed by atoms with Crippen LogP contribution < -0.4 is 10.3 Å². The third-order valence-electron chi connectivity index (χ3n) is 6.14. The standard InChI is InChI=1S/C24H24FN3O2/c1-15-12-27-24(29)19-6-7-21(23(25)22(15)19)30-17-8-10-28(11-9-17)14-20-18-5-3-2-4-16(18)13-26-20/h2-7,12,17H,8-11,13-14H2,1H3,(H,27,29). The maximum atomic E-state index is 15.0. The lowest BCUT2D eigenvalue weighted by molar-refractivity contribution is 0.105. The number of pyridine rings is 1. The molecule has 0 spiro atoms. The minimum atomic E-state index is -0.449. The number of aromatic amines is 1. The highest BCUT2D eigenvalue weighted by molar-refractivity contribution is 6.05. The molecule has 154 valence electrons. The van der Waals surface area contributed by atoms with Gasteiger partial charge in [0, 0.05) is 36.8 Å². The van der Waals surface area contributed by atoms with Gasteiger partial charge >= 0.3 is 0 Å². The number of nitrogens with zero attached hydrogens (tertiary/aromatic N) is 2. The zero-order valence-corrected chi connectivity index (χ0v) is 17.0. The van der Waals surface area contributed by atoms with Gasteiger partial charge in [0.05, 0.1) is 17.6 Å². The van der Waals surface area contributed by atoms with Gasteiger partial charge in [-0.1, -0.05) is 24.3 Å². The Morgan fingerprint density at radius 2 is 2.00 bits per heavy atom. The lowest BCUT2D eigenvalue weighted by Gasteiger charge is -2.32. The van der Waals surface area contributed by atoms with E-state index in [1.165, 1.54) is 11.1 Å². The third kappa shape index (κ3) is 3.41. The molecule has 0 amide bonds. The summed E-state index contributed by atoms with van der Waals surface area (Å²) in [6, 6.07) is 11.6. The topological polar surface area (TPSA) is 57.7 Å². The minimum Gasteiger partial charge on any atom is -0.487 e. The van der Waals surface area contributed by atoms with Crippen molar-refractivity contribution in [3.8, 4) is 5.75 Å². The fraction of sp³-hybridized carbons (Fsp3) is 0.333. The van der Waals surface area contributed by atoms with Crippen LogP contribution in [-0.4, -0.2) is 41.3 Å². The van der Waals surface area contributed by atoms with Crippen molar-refractivity contribution in [3.63, 3.8) is 0 Å². The van der Waals surface area contributed by atoms with Crippen LogP contribution in [0.4, 0.5) is 4.39 Å². The van der Waals surface area contributed by atoms with Crippen LogP contribution in [0.5, 0.6) is 5.75 Å². The van der Waals surface area contributed by atoms with E-state index in [1.54, 1.807) is 25.3 Å². The van der Waals surface area contributed by atoms with Crippen molar-refractivity contribution < 1.29 is 9.13 Å². The molecule has 1 N–H and O–H groups in total. The molecule has 0 unspecified atom stereocenters. The normalized spacial score (nSPS) is 17.2. The van der Waals surface area contributed by atoms with Crippen molar-refractivity contribution in [1.29, 1.82) is 0 Å². The highest BCUT2D eigenvalue weighted by Gasteiger charge is 2.25. The number of H-pyrrole nitrogens is 1. The molecule has 6 heteroatoms. The molecule has 0 aliphatic carbocycles. The van der Waals surface area contributed by atoms with Crippen molar-refractivity contribution >= 4 is 16.5 Å². The molecule has 1 fully saturated rings. The van der Waals surface area contributed by atoms with Crippen molar-refractivity contribution in [2.24, 2.45) is 4.99 Å². The predicted octanol–water partition coefficient (Wildman–Crippen LogP) is 3.82. The van der Waals surface area contributed by atoms with Gasteiger partial charge in [-0.3, -0.25) is 14.7 Å². The molecular weight excluding hydrogens is 381 g/mol. The largest absolute Gasteiger partial charge is 0.487 e. The van der Waals surface area contributed by atoms with E-state index in [0.29, 0.717) is 16.3 Å². The van der Waals surface area contributed by atoms with Gasteiger partial charge in [-0.15, -0.1) is 0 Å². The number of hydrogen-bond donors (Lipinski definition) is 1. The second kappa shape index (κ2) is 7.69. The molecule has 0 bridgehead atoms. The number of halogens is 1. The average Bonchev–Trinajstić information content (AvgIpc) is 3.16. The number of piperidine rings is 1. The van der Waals surface area contributed by atoms with Crippen molar-refractivity contribution in [1.82, 2.24) is 9.88 Å². The first-order valence-corrected chi connectivity index (χ1v) is 10.4. The molecule has 5 rings (SSSR count). The maximum Gasteiger partial charge on any atom is 0.255 e. The molecule has 2 aromatic carbocycles. The Bertz CT molecular complexity index is 1190. The first-order chi connectivity index (χ1) is 14.6. The third-order valence-corrected chi connectivity index (χ3v) is 6.14. The maximum absolute atomic E-state index is 15.0. The molecule has 5 nitrogen and oxygen atoms in total. The molecule has 0 saturated carbocycles. The summed E-state index contributed by atoms with van der Waals surface area (Å²) in [7, 11) is 0. The Morgan fingerprint density at radius 1 is 1.20 bits per heavy atom. The van der Waals surface area contributed by atoms with Gasteiger partial charge in [0.1, 0.15) is 6.10 Å². The first kappa shape index (κ1) is 19.0. The lowest BCUT2D eigenvalue weighted by Crippen LogP contribution is -2.40. The van der Waals surface area contributed by atoms with Gasteiger partial charge in [-0.05, 0) is 43.0 Å². The van der Waals surface area contributed by atoms with E-state index in [2.05, 4.69) is 34.1 Å². The van der Waals surface area contributed by atoms with Crippen molar-refractivity contribution in [2.45, 2.75) is 32.4 Å². The monoisotopic (exact) mass is 405 g/mol. The van der Waals surface area contributed by atoms with Gasteiger partial charge in [-0.25, -0.2) is 4.39 Å². The van der Waals surface area contributed by atoms with Gasteiger partial charge in [0.25, 0.3) is 5.56 Å². The van der Waals surface area contributed by atoms with E-state index in [4.69, 9.17) is 9.73 Å². The smallest absolute Gasteiger partial charge is 0.255 e. The van der Waals surface area contributed by atoms with E-state index >= 15 is 4.39 Å². The van der Waals surface area contributed by atoms with Gasteiger partial charge in [0.2, 0.25) is 0 Å². The van der Waals surface area contributed by atoms with Crippen LogP contribution in [0.1, 0.15) is 29.5 Å². The number of aliphatic imine (C=N–C) groups is 1. The Morgan fingerprint density at radius 3 is 2.83 bits per heavy atom. The number of rotatable bonds is 4. The SMILES string of the molecule is Cc1c[nH]c(=O)c2ccc(OC3CCN(CC4=NCc5ccccc54)CC3)c(F)c12. The molecule has 1 saturated heterocycles. The van der Waals surface area contributed by atoms with Gasteiger partial charge in [0.15, 0.2) is 11.6 Å². The summed E-state index contributed by atoms with van der Waals surface area (Å²) in [6.45, 7) is 5.18. The average molecular weight is 405 g/mol. The lowest BCUT2D eigenvalue weighted by atomic mass is 10.0. The molecule has 3 heterocycles. The van der Waals surface area contributed by atoms with Crippen molar-refractivity contribution in [2.75, 3.05) is 19.6 Å². The van der Waals surface area contributed by atoms with Gasteiger partial charge < -0.3 is 9.72 Å². The number of benzene rings is 2. The van der Waals surface area contributed by atoms with Crippen LogP contribution >= 0.6 is 0 Å². The van der Waals surface area contributed by atoms with E-state index < -0.39 is 5.82 Å². The highest BCUT2D eigenvalue weighted by Crippen LogP contribution is 2.29. The fourth-order valence-corrected chi connectivity index (χ4v) is 4.46. The first-order valence-electron chi connectivity index (χ1n) is 10.4. The molecule has 2 aliphatic heterocycles. The summed E-state index contributed by atoms with van der Waals surface area (Å²) in [5.74, 6) is -0.223. The Kier molecular flexibility index (Phi) is 4.87. The number of fused-ring (bicyclic) bond motifs is 2. The Labute approximate surface area is 174 Å². The quantitative estimate of drug-likeness (QED) is 0.718. The molecule has 1 aromatic heterocycles. The molecule has 0 atom stereocenters. The number of likely N-dealkylation sites (tertiary alicyclic amines) is 1. The van der Waals surface area contributed by atoms with E-state index in [9.17, 15) is 4.79 Å². The van der Waals surface area contributed by atoms with E-state index in [0.717, 1.165) is 44.7 Å². The van der Waals surface area contributed by atoms with Crippen LogP contribution in [0.3, 0.4) is 0 Å². The molecule has 2 aliphatic rings. The summed E-state index contributed by atoms with van der Waals surface area (Å²) < 4.78 is 21.1. The molecule has 3 aromatic rings. The summed E-state index contributed by atoms with van der Waals surface area (Å²) in [5.41, 5.74) is 4.13. The zero-order valence-electron chi connectivity index (χ0n) is 17.0. The van der Waals surface area contributed by atoms with E-state index in [-0.39, 0.29) is 17.4 Å². The highest BCUT2D eigenvalue weighted by atomic mass is 19.1. The summed E-state index contributed by atoms with van der Waals surface area (Å²) in [4.78, 5) is 21.7. The number of hydrogen-bond acceptors (Lipinski definition) is 4. The van der Waals surface area contributed by atoms with Crippen LogP contribution in [0.15, 0.2) is 52.4 Å². The minimum absolute atomic E-state index is 0.0340. The van der Waals surface area contributed by atoms with Crippen LogP contribution in [0.25, 0.3) is 10.8 Å². The summed E-state index contributed by atoms with van der Waals surface area (Å²) >= 11 is 0. The Balaban J connectivity index is 1.24. The second-order valence-electron chi connectivity index (χ2n) is 8.11. The van der Waals surface area contributed by atoms with Crippen LogP contribution in [-0.2, 0) is 6.54 Å². The predicted molar refractivity (Wildman–Crippen MR) is 116 cm³/mol. The summed E-state index contributed by atoms with van der Waals surface area (Å²) in [6.07, 6.45) is 3.18. The number of ether oxygens (including phenoxy) is 1. The van der Waals surface area contributed by atoms with Crippen LogP contribution in [0, 0.1) is 12.7 Å². The van der Waals surface area contributed by atoms with E-state index in [1.807, 2.05) is 0 Å². The van der Waals surface area contributed by atoms with Crippen LogP contribution in [0.2, 0.25) is 0 Å². The summed E-state index contributed by atoms with van der Waals surface area (Å²) in [5, 5.41) is 0.693. The molecule has 0 radical (unpaired) electrons. The molecule has 30 heavy (non-hydrogen) atoms. The zero-order chi connectivity index (χ0) is 20.7. The number of aromatic nitrogens is 1. The number of aryl methyl sites for hydroxylation is 1. The van der Waals surface area contributed by atoms with Crippen molar-refractivity contribution in [3.05, 3.63) is 75.5 Å². The Hall–Kier alpha value is -2.99. The number of nitrogens with one attached hydrogen (secondary N) is 1. The second-order valence-corrected chi connectivity index (χ2v) is 8.11. The molecular formula is C24H24FN3O2.